The lowest BCUT2D eigenvalue weighted by Crippen LogP contribution is -2.13. The summed E-state index contributed by atoms with van der Waals surface area (Å²) in [5.74, 6) is 0. The predicted molar refractivity (Wildman–Crippen MR) is 72.9 cm³/mol. The van der Waals surface area contributed by atoms with Crippen LogP contribution in [-0.2, 0) is 6.18 Å². The summed E-state index contributed by atoms with van der Waals surface area (Å²) < 4.78 is 40.2. The van der Waals surface area contributed by atoms with E-state index in [9.17, 15) is 13.2 Å². The third-order valence-electron chi connectivity index (χ3n) is 3.45. The number of aromatic nitrogens is 3. The van der Waals surface area contributed by atoms with Gasteiger partial charge < -0.3 is 0 Å². The SMILES string of the molecule is Cc1ccc(-c2cc(C(F)(F)F)n3nccc3n2)cc1C. The van der Waals surface area contributed by atoms with Crippen molar-refractivity contribution >= 4 is 5.65 Å². The van der Waals surface area contributed by atoms with E-state index >= 15 is 0 Å². The van der Waals surface area contributed by atoms with E-state index in [0.29, 0.717) is 11.3 Å². The minimum atomic E-state index is -4.48. The Morgan fingerprint density at radius 2 is 1.76 bits per heavy atom. The lowest BCUT2D eigenvalue weighted by Gasteiger charge is -2.11. The van der Waals surface area contributed by atoms with Crippen molar-refractivity contribution in [3.8, 4) is 11.3 Å². The van der Waals surface area contributed by atoms with Crippen LogP contribution >= 0.6 is 0 Å². The predicted octanol–water partition coefficient (Wildman–Crippen LogP) is 4.03. The molecule has 0 radical (unpaired) electrons. The number of benzene rings is 1. The molecule has 0 unspecified atom stereocenters. The zero-order chi connectivity index (χ0) is 15.2. The Morgan fingerprint density at radius 1 is 1.00 bits per heavy atom. The molecule has 0 aliphatic rings. The van der Waals surface area contributed by atoms with Gasteiger partial charge >= 0.3 is 6.18 Å². The first-order valence-corrected chi connectivity index (χ1v) is 6.36. The zero-order valence-electron chi connectivity index (χ0n) is 11.4. The molecule has 0 spiro atoms. The Labute approximate surface area is 119 Å². The molecule has 3 aromatic rings. The van der Waals surface area contributed by atoms with Crippen LogP contribution in [0.25, 0.3) is 16.9 Å². The molecule has 0 bridgehead atoms. The minimum Gasteiger partial charge on any atom is -0.229 e. The monoisotopic (exact) mass is 291 g/mol. The highest BCUT2D eigenvalue weighted by molar-refractivity contribution is 5.64. The molecule has 0 N–H and O–H groups in total. The first-order chi connectivity index (χ1) is 9.86. The van der Waals surface area contributed by atoms with Crippen LogP contribution in [0.2, 0.25) is 0 Å². The highest BCUT2D eigenvalue weighted by atomic mass is 19.4. The molecule has 0 aliphatic carbocycles. The fourth-order valence-electron chi connectivity index (χ4n) is 2.16. The van der Waals surface area contributed by atoms with Crippen LogP contribution in [0, 0.1) is 13.8 Å². The van der Waals surface area contributed by atoms with Crippen LogP contribution in [0.1, 0.15) is 16.8 Å². The number of nitrogens with zero attached hydrogens (tertiary/aromatic N) is 3. The summed E-state index contributed by atoms with van der Waals surface area (Å²) in [6, 6.07) is 7.98. The third kappa shape index (κ3) is 2.37. The smallest absolute Gasteiger partial charge is 0.229 e. The molecular weight excluding hydrogens is 279 g/mol. The Hall–Kier alpha value is -2.37. The van der Waals surface area contributed by atoms with E-state index in [1.165, 1.54) is 12.3 Å². The minimum absolute atomic E-state index is 0.179. The number of alkyl halides is 3. The molecule has 2 aromatic heterocycles. The molecule has 3 nitrogen and oxygen atoms in total. The van der Waals surface area contributed by atoms with E-state index in [4.69, 9.17) is 0 Å². The average Bonchev–Trinajstić information content (AvgIpc) is 2.87. The van der Waals surface area contributed by atoms with Crippen molar-refractivity contribution in [2.24, 2.45) is 0 Å². The van der Waals surface area contributed by atoms with Crippen molar-refractivity contribution in [2.75, 3.05) is 0 Å². The van der Waals surface area contributed by atoms with Crippen LogP contribution < -0.4 is 0 Å². The van der Waals surface area contributed by atoms with Crippen molar-refractivity contribution in [1.82, 2.24) is 14.6 Å². The van der Waals surface area contributed by atoms with Gasteiger partial charge in [-0.15, -0.1) is 0 Å². The number of fused-ring (bicyclic) bond motifs is 1. The standard InChI is InChI=1S/C15H12F3N3/c1-9-3-4-11(7-10(9)2)12-8-13(15(16,17)18)21-14(20-12)5-6-19-21/h3-8H,1-2H3. The molecule has 108 valence electrons. The van der Waals surface area contributed by atoms with Gasteiger partial charge in [-0.1, -0.05) is 12.1 Å². The Kier molecular flexibility index (Phi) is 2.97. The molecule has 2 heterocycles. The number of hydrogen-bond acceptors (Lipinski definition) is 2. The number of hydrogen-bond donors (Lipinski definition) is 0. The van der Waals surface area contributed by atoms with Crippen LogP contribution in [0.3, 0.4) is 0 Å². The van der Waals surface area contributed by atoms with Gasteiger partial charge in [0.05, 0.1) is 11.9 Å². The van der Waals surface area contributed by atoms with Gasteiger partial charge in [0.1, 0.15) is 0 Å². The molecule has 0 aliphatic heterocycles. The summed E-state index contributed by atoms with van der Waals surface area (Å²) in [5.41, 5.74) is 2.39. The second-order valence-corrected chi connectivity index (χ2v) is 4.92. The van der Waals surface area contributed by atoms with Crippen LogP contribution in [0.15, 0.2) is 36.5 Å². The summed E-state index contributed by atoms with van der Waals surface area (Å²) in [6.45, 7) is 3.87. The van der Waals surface area contributed by atoms with E-state index in [1.807, 2.05) is 26.0 Å². The molecule has 1 aromatic carbocycles. The number of halogens is 3. The van der Waals surface area contributed by atoms with Gasteiger partial charge in [-0.3, -0.25) is 0 Å². The topological polar surface area (TPSA) is 30.2 Å². The van der Waals surface area contributed by atoms with Crippen molar-refractivity contribution in [1.29, 1.82) is 0 Å². The van der Waals surface area contributed by atoms with Gasteiger partial charge in [-0.25, -0.2) is 9.50 Å². The lowest BCUT2D eigenvalue weighted by atomic mass is 10.0. The maximum absolute atomic E-state index is 13.1. The molecule has 0 atom stereocenters. The van der Waals surface area contributed by atoms with E-state index in [-0.39, 0.29) is 5.65 Å². The third-order valence-corrected chi connectivity index (χ3v) is 3.45. The fourth-order valence-corrected chi connectivity index (χ4v) is 2.16. The normalized spacial score (nSPS) is 12.0. The summed E-state index contributed by atoms with van der Waals surface area (Å²) in [4.78, 5) is 4.25. The van der Waals surface area contributed by atoms with Gasteiger partial charge in [0.2, 0.25) is 0 Å². The van der Waals surface area contributed by atoms with Gasteiger partial charge in [-0.05, 0) is 37.1 Å². The molecule has 21 heavy (non-hydrogen) atoms. The number of rotatable bonds is 1. The summed E-state index contributed by atoms with van der Waals surface area (Å²) in [5, 5.41) is 3.69. The maximum Gasteiger partial charge on any atom is 0.433 e. The van der Waals surface area contributed by atoms with E-state index in [1.54, 1.807) is 6.07 Å². The molecule has 3 rings (SSSR count). The Bertz CT molecular complexity index is 819. The van der Waals surface area contributed by atoms with Crippen LogP contribution in [0.4, 0.5) is 13.2 Å². The van der Waals surface area contributed by atoms with Crippen molar-refractivity contribution in [3.63, 3.8) is 0 Å². The van der Waals surface area contributed by atoms with Crippen LogP contribution in [-0.4, -0.2) is 14.6 Å². The van der Waals surface area contributed by atoms with E-state index in [0.717, 1.165) is 21.7 Å². The summed E-state index contributed by atoms with van der Waals surface area (Å²) >= 11 is 0. The second-order valence-electron chi connectivity index (χ2n) is 4.92. The van der Waals surface area contributed by atoms with Gasteiger partial charge in [0.25, 0.3) is 0 Å². The first kappa shape index (κ1) is 13.6. The molecule has 0 saturated carbocycles. The lowest BCUT2D eigenvalue weighted by molar-refractivity contribution is -0.142. The molecular formula is C15H12F3N3. The largest absolute Gasteiger partial charge is 0.433 e. The molecule has 0 saturated heterocycles. The maximum atomic E-state index is 13.1. The van der Waals surface area contributed by atoms with Gasteiger partial charge in [0.15, 0.2) is 11.3 Å². The quantitative estimate of drug-likeness (QED) is 0.677. The first-order valence-electron chi connectivity index (χ1n) is 6.36. The zero-order valence-corrected chi connectivity index (χ0v) is 11.4. The molecule has 0 amide bonds. The molecule has 6 heteroatoms. The average molecular weight is 291 g/mol. The van der Waals surface area contributed by atoms with Gasteiger partial charge in [0, 0.05) is 11.6 Å². The fraction of sp³-hybridized carbons (Fsp3) is 0.200. The van der Waals surface area contributed by atoms with Crippen molar-refractivity contribution in [3.05, 3.63) is 53.3 Å². The van der Waals surface area contributed by atoms with E-state index < -0.39 is 11.9 Å². The van der Waals surface area contributed by atoms with E-state index in [2.05, 4.69) is 10.1 Å². The molecule has 0 fully saturated rings. The second kappa shape index (κ2) is 4.58. The Balaban J connectivity index is 2.26. The van der Waals surface area contributed by atoms with Gasteiger partial charge in [-0.2, -0.15) is 18.3 Å². The Morgan fingerprint density at radius 3 is 2.43 bits per heavy atom. The van der Waals surface area contributed by atoms with Crippen molar-refractivity contribution < 1.29 is 13.2 Å². The highest BCUT2D eigenvalue weighted by Gasteiger charge is 2.35. The summed E-state index contributed by atoms with van der Waals surface area (Å²) in [6.07, 6.45) is -3.18. The summed E-state index contributed by atoms with van der Waals surface area (Å²) in [7, 11) is 0. The number of aryl methyl sites for hydroxylation is 2. The van der Waals surface area contributed by atoms with Crippen LogP contribution in [0.5, 0.6) is 0 Å². The van der Waals surface area contributed by atoms with Crippen molar-refractivity contribution in [2.45, 2.75) is 20.0 Å². The highest BCUT2D eigenvalue weighted by Crippen LogP contribution is 2.32.